The molecule has 0 radical (unpaired) electrons. The van der Waals surface area contributed by atoms with Gasteiger partial charge in [0.05, 0.1) is 0 Å². The first kappa shape index (κ1) is 11.1. The molecule has 3 unspecified atom stereocenters. The van der Waals surface area contributed by atoms with E-state index in [4.69, 9.17) is 0 Å². The Kier molecular flexibility index (Phi) is 3.08. The van der Waals surface area contributed by atoms with Gasteiger partial charge in [0.1, 0.15) is 0 Å². The summed E-state index contributed by atoms with van der Waals surface area (Å²) in [5, 5.41) is 3.41. The van der Waals surface area contributed by atoms with E-state index >= 15 is 0 Å². The highest BCUT2D eigenvalue weighted by Gasteiger charge is 2.39. The molecule has 2 bridgehead atoms. The SMILES string of the molecule is CCCNc1nccn1CC1CC2CCC1C2. The van der Waals surface area contributed by atoms with Gasteiger partial charge < -0.3 is 9.88 Å². The molecule has 0 aliphatic heterocycles. The summed E-state index contributed by atoms with van der Waals surface area (Å²) in [7, 11) is 0. The minimum atomic E-state index is 0.908. The Morgan fingerprint density at radius 2 is 2.35 bits per heavy atom. The molecule has 94 valence electrons. The van der Waals surface area contributed by atoms with Gasteiger partial charge in [-0.1, -0.05) is 13.3 Å². The van der Waals surface area contributed by atoms with Crippen molar-refractivity contribution in [3.63, 3.8) is 0 Å². The number of anilines is 1. The molecular formula is C14H23N3. The second-order valence-corrected chi connectivity index (χ2v) is 5.76. The van der Waals surface area contributed by atoms with Crippen molar-refractivity contribution in [2.45, 2.75) is 45.6 Å². The van der Waals surface area contributed by atoms with Crippen molar-refractivity contribution in [3.05, 3.63) is 12.4 Å². The van der Waals surface area contributed by atoms with Crippen LogP contribution in [0, 0.1) is 17.8 Å². The maximum atomic E-state index is 4.41. The molecule has 1 aromatic rings. The van der Waals surface area contributed by atoms with Crippen LogP contribution in [0.5, 0.6) is 0 Å². The molecule has 3 heteroatoms. The van der Waals surface area contributed by atoms with Gasteiger partial charge in [-0.3, -0.25) is 0 Å². The molecule has 2 saturated carbocycles. The van der Waals surface area contributed by atoms with Crippen molar-refractivity contribution in [2.24, 2.45) is 17.8 Å². The van der Waals surface area contributed by atoms with Crippen molar-refractivity contribution in [1.29, 1.82) is 0 Å². The molecule has 0 amide bonds. The maximum absolute atomic E-state index is 4.41. The topological polar surface area (TPSA) is 29.9 Å². The first-order valence-corrected chi connectivity index (χ1v) is 7.11. The Labute approximate surface area is 104 Å². The van der Waals surface area contributed by atoms with Crippen LogP contribution in [0.2, 0.25) is 0 Å². The van der Waals surface area contributed by atoms with Crippen molar-refractivity contribution in [3.8, 4) is 0 Å². The molecule has 1 N–H and O–H groups in total. The third-order valence-electron chi connectivity index (χ3n) is 4.56. The summed E-state index contributed by atoms with van der Waals surface area (Å²) in [6, 6.07) is 0. The highest BCUT2D eigenvalue weighted by atomic mass is 15.2. The molecular weight excluding hydrogens is 210 g/mol. The van der Waals surface area contributed by atoms with Crippen LogP contribution in [0.15, 0.2) is 12.4 Å². The van der Waals surface area contributed by atoms with Crippen LogP contribution in [0.1, 0.15) is 39.0 Å². The van der Waals surface area contributed by atoms with Gasteiger partial charge in [0.25, 0.3) is 0 Å². The van der Waals surface area contributed by atoms with E-state index in [1.807, 2.05) is 6.20 Å². The van der Waals surface area contributed by atoms with Gasteiger partial charge in [0.15, 0.2) is 0 Å². The zero-order chi connectivity index (χ0) is 11.7. The minimum absolute atomic E-state index is 0.908. The number of imidazole rings is 1. The van der Waals surface area contributed by atoms with E-state index < -0.39 is 0 Å². The summed E-state index contributed by atoms with van der Waals surface area (Å²) >= 11 is 0. The molecule has 3 atom stereocenters. The van der Waals surface area contributed by atoms with Crippen LogP contribution in [-0.4, -0.2) is 16.1 Å². The normalized spacial score (nSPS) is 31.0. The van der Waals surface area contributed by atoms with Crippen molar-refractivity contribution in [1.82, 2.24) is 9.55 Å². The minimum Gasteiger partial charge on any atom is -0.356 e. The fourth-order valence-corrected chi connectivity index (χ4v) is 3.71. The predicted molar refractivity (Wildman–Crippen MR) is 69.9 cm³/mol. The van der Waals surface area contributed by atoms with Crippen molar-refractivity contribution < 1.29 is 0 Å². The van der Waals surface area contributed by atoms with Crippen LogP contribution in [0.4, 0.5) is 5.95 Å². The molecule has 2 aliphatic carbocycles. The molecule has 1 aromatic heterocycles. The maximum Gasteiger partial charge on any atom is 0.202 e. The number of hydrogen-bond acceptors (Lipinski definition) is 2. The number of fused-ring (bicyclic) bond motifs is 2. The Balaban J connectivity index is 1.63. The van der Waals surface area contributed by atoms with E-state index in [0.717, 1.165) is 36.7 Å². The van der Waals surface area contributed by atoms with Crippen LogP contribution < -0.4 is 5.32 Å². The van der Waals surface area contributed by atoms with E-state index in [-0.39, 0.29) is 0 Å². The quantitative estimate of drug-likeness (QED) is 0.846. The molecule has 2 aliphatic rings. The summed E-state index contributed by atoms with van der Waals surface area (Å²) in [5.74, 6) is 4.02. The van der Waals surface area contributed by atoms with Gasteiger partial charge in [-0.15, -0.1) is 0 Å². The van der Waals surface area contributed by atoms with Gasteiger partial charge >= 0.3 is 0 Å². The van der Waals surface area contributed by atoms with Gasteiger partial charge in [-0.2, -0.15) is 0 Å². The summed E-state index contributed by atoms with van der Waals surface area (Å²) in [5.41, 5.74) is 0. The van der Waals surface area contributed by atoms with Crippen LogP contribution in [0.25, 0.3) is 0 Å². The fourth-order valence-electron chi connectivity index (χ4n) is 3.71. The molecule has 0 spiro atoms. The second kappa shape index (κ2) is 4.71. The van der Waals surface area contributed by atoms with E-state index in [9.17, 15) is 0 Å². The largest absolute Gasteiger partial charge is 0.356 e. The number of hydrogen-bond donors (Lipinski definition) is 1. The first-order valence-electron chi connectivity index (χ1n) is 7.11. The lowest BCUT2D eigenvalue weighted by Gasteiger charge is -2.22. The predicted octanol–water partition coefficient (Wildman–Crippen LogP) is 3.14. The van der Waals surface area contributed by atoms with E-state index in [1.165, 1.54) is 32.2 Å². The molecule has 1 heterocycles. The Morgan fingerprint density at radius 3 is 3.06 bits per heavy atom. The average molecular weight is 233 g/mol. The zero-order valence-corrected chi connectivity index (χ0v) is 10.7. The molecule has 3 rings (SSSR count). The fraction of sp³-hybridized carbons (Fsp3) is 0.786. The molecule has 3 nitrogen and oxygen atoms in total. The van der Waals surface area contributed by atoms with Gasteiger partial charge in [-0.25, -0.2) is 4.98 Å². The van der Waals surface area contributed by atoms with Gasteiger partial charge in [0, 0.05) is 25.5 Å². The van der Waals surface area contributed by atoms with E-state index in [1.54, 1.807) is 0 Å². The third kappa shape index (κ3) is 2.20. The number of nitrogens with one attached hydrogen (secondary N) is 1. The van der Waals surface area contributed by atoms with Crippen molar-refractivity contribution in [2.75, 3.05) is 11.9 Å². The van der Waals surface area contributed by atoms with Crippen molar-refractivity contribution >= 4 is 5.95 Å². The Bertz CT molecular complexity index is 371. The Hall–Kier alpha value is -0.990. The number of nitrogens with zero attached hydrogens (tertiary/aromatic N) is 2. The average Bonchev–Trinajstić information content (AvgIpc) is 3.02. The highest BCUT2D eigenvalue weighted by Crippen LogP contribution is 2.48. The Morgan fingerprint density at radius 1 is 1.41 bits per heavy atom. The smallest absolute Gasteiger partial charge is 0.202 e. The lowest BCUT2D eigenvalue weighted by Crippen LogP contribution is -2.18. The van der Waals surface area contributed by atoms with Gasteiger partial charge in [-0.05, 0) is 43.4 Å². The van der Waals surface area contributed by atoms with Crippen LogP contribution >= 0.6 is 0 Å². The summed E-state index contributed by atoms with van der Waals surface area (Å²) in [4.78, 5) is 4.41. The van der Waals surface area contributed by atoms with E-state index in [2.05, 4.69) is 28.0 Å². The summed E-state index contributed by atoms with van der Waals surface area (Å²) in [6.45, 7) is 4.39. The summed E-state index contributed by atoms with van der Waals surface area (Å²) < 4.78 is 2.32. The third-order valence-corrected chi connectivity index (χ3v) is 4.56. The number of rotatable bonds is 5. The van der Waals surface area contributed by atoms with Crippen LogP contribution in [-0.2, 0) is 6.54 Å². The molecule has 0 saturated heterocycles. The monoisotopic (exact) mass is 233 g/mol. The van der Waals surface area contributed by atoms with E-state index in [0.29, 0.717) is 0 Å². The van der Waals surface area contributed by atoms with Crippen LogP contribution in [0.3, 0.4) is 0 Å². The first-order chi connectivity index (χ1) is 8.36. The lowest BCUT2D eigenvalue weighted by molar-refractivity contribution is 0.297. The molecule has 0 aromatic carbocycles. The van der Waals surface area contributed by atoms with Gasteiger partial charge in [0.2, 0.25) is 5.95 Å². The molecule has 17 heavy (non-hydrogen) atoms. The highest BCUT2D eigenvalue weighted by molar-refractivity contribution is 5.25. The number of aromatic nitrogens is 2. The lowest BCUT2D eigenvalue weighted by atomic mass is 9.89. The second-order valence-electron chi connectivity index (χ2n) is 5.76. The zero-order valence-electron chi connectivity index (χ0n) is 10.7. The standard InChI is InChI=1S/C14H23N3/c1-2-5-15-14-16-6-7-17(14)10-13-9-11-3-4-12(13)8-11/h6-7,11-13H,2-5,8-10H2,1H3,(H,15,16). The summed E-state index contributed by atoms with van der Waals surface area (Å²) in [6.07, 6.45) is 11.1. The molecule has 2 fully saturated rings.